The third-order valence-corrected chi connectivity index (χ3v) is 2.54. The van der Waals surface area contributed by atoms with E-state index in [1.807, 2.05) is 6.92 Å². The number of rotatable bonds is 3. The van der Waals surface area contributed by atoms with Gasteiger partial charge in [0.25, 0.3) is 0 Å². The summed E-state index contributed by atoms with van der Waals surface area (Å²) in [4.78, 5) is 0. The van der Waals surface area contributed by atoms with Gasteiger partial charge >= 0.3 is 0 Å². The van der Waals surface area contributed by atoms with E-state index in [9.17, 15) is 0 Å². The molecule has 1 aliphatic carbocycles. The summed E-state index contributed by atoms with van der Waals surface area (Å²) in [6, 6.07) is 0. The zero-order chi connectivity index (χ0) is 7.45. The molecule has 1 nitrogen and oxygen atoms in total. The van der Waals surface area contributed by atoms with Crippen molar-refractivity contribution < 1.29 is 5.11 Å². The third-order valence-electron chi connectivity index (χ3n) is 2.54. The highest BCUT2D eigenvalue weighted by Crippen LogP contribution is 2.43. The maximum atomic E-state index is 9.03. The quantitative estimate of drug-likeness (QED) is 0.595. The molecule has 1 heteroatoms. The Morgan fingerprint density at radius 1 is 1.50 bits per heavy atom. The lowest BCUT2D eigenvalue weighted by Crippen LogP contribution is -2.32. The van der Waals surface area contributed by atoms with E-state index in [-0.39, 0.29) is 5.41 Å². The summed E-state index contributed by atoms with van der Waals surface area (Å²) >= 11 is 0. The monoisotopic (exact) mass is 140 g/mol. The molecule has 1 fully saturated rings. The van der Waals surface area contributed by atoms with Crippen LogP contribution in [-0.2, 0) is 0 Å². The van der Waals surface area contributed by atoms with E-state index in [4.69, 9.17) is 5.11 Å². The first-order valence-electron chi connectivity index (χ1n) is 4.05. The summed E-state index contributed by atoms with van der Waals surface area (Å²) < 4.78 is 0. The summed E-state index contributed by atoms with van der Waals surface area (Å²) in [5.74, 6) is 0. The van der Waals surface area contributed by atoms with Crippen LogP contribution in [0, 0.1) is 5.41 Å². The molecule has 0 amide bonds. The van der Waals surface area contributed by atoms with Gasteiger partial charge in [0.1, 0.15) is 0 Å². The minimum absolute atomic E-state index is 0.284. The molecule has 0 bridgehead atoms. The van der Waals surface area contributed by atoms with Crippen molar-refractivity contribution in [2.45, 2.75) is 32.6 Å². The summed E-state index contributed by atoms with van der Waals surface area (Å²) in [6.45, 7) is 2.40. The van der Waals surface area contributed by atoms with Crippen molar-refractivity contribution in [1.29, 1.82) is 0 Å². The molecule has 0 aliphatic heterocycles. The molecule has 0 atom stereocenters. The first-order valence-corrected chi connectivity index (χ1v) is 4.05. The lowest BCUT2D eigenvalue weighted by atomic mass is 9.67. The zero-order valence-electron chi connectivity index (χ0n) is 6.64. The SMILES string of the molecule is C/C=C/CC1(CO)CCC1. The van der Waals surface area contributed by atoms with Crippen molar-refractivity contribution in [1.82, 2.24) is 0 Å². The molecule has 0 aromatic carbocycles. The van der Waals surface area contributed by atoms with Crippen LogP contribution < -0.4 is 0 Å². The predicted molar refractivity (Wildman–Crippen MR) is 42.8 cm³/mol. The van der Waals surface area contributed by atoms with Gasteiger partial charge in [-0.1, -0.05) is 18.6 Å². The van der Waals surface area contributed by atoms with Gasteiger partial charge in [0.2, 0.25) is 0 Å². The minimum atomic E-state index is 0.284. The van der Waals surface area contributed by atoms with E-state index in [2.05, 4.69) is 12.2 Å². The Morgan fingerprint density at radius 3 is 2.50 bits per heavy atom. The zero-order valence-corrected chi connectivity index (χ0v) is 6.64. The Hall–Kier alpha value is -0.300. The van der Waals surface area contributed by atoms with Crippen LogP contribution in [-0.4, -0.2) is 11.7 Å². The van der Waals surface area contributed by atoms with Crippen LogP contribution in [0.2, 0.25) is 0 Å². The summed E-state index contributed by atoms with van der Waals surface area (Å²) in [6.07, 6.45) is 9.03. The summed E-state index contributed by atoms with van der Waals surface area (Å²) in [5.41, 5.74) is 0.284. The average Bonchev–Trinajstić information content (AvgIpc) is 1.87. The Kier molecular flexibility index (Phi) is 2.50. The number of aliphatic hydroxyl groups is 1. The fourth-order valence-electron chi connectivity index (χ4n) is 1.47. The summed E-state index contributed by atoms with van der Waals surface area (Å²) in [5, 5.41) is 9.03. The second kappa shape index (κ2) is 3.20. The van der Waals surface area contributed by atoms with Crippen molar-refractivity contribution in [2.24, 2.45) is 5.41 Å². The molecule has 0 saturated heterocycles. The number of hydrogen-bond donors (Lipinski definition) is 1. The van der Waals surface area contributed by atoms with Crippen LogP contribution in [0.4, 0.5) is 0 Å². The highest BCUT2D eigenvalue weighted by Gasteiger charge is 2.34. The first-order chi connectivity index (χ1) is 4.83. The Balaban J connectivity index is 2.33. The second-order valence-electron chi connectivity index (χ2n) is 3.28. The molecule has 10 heavy (non-hydrogen) atoms. The Morgan fingerprint density at radius 2 is 2.20 bits per heavy atom. The van der Waals surface area contributed by atoms with Crippen LogP contribution in [0.15, 0.2) is 12.2 Å². The smallest absolute Gasteiger partial charge is 0.0490 e. The van der Waals surface area contributed by atoms with Gasteiger partial charge < -0.3 is 5.11 Å². The molecule has 58 valence electrons. The van der Waals surface area contributed by atoms with Gasteiger partial charge in [-0.2, -0.15) is 0 Å². The lowest BCUT2D eigenvalue weighted by molar-refractivity contribution is 0.0476. The van der Waals surface area contributed by atoms with E-state index >= 15 is 0 Å². The van der Waals surface area contributed by atoms with Crippen molar-refractivity contribution in [3.63, 3.8) is 0 Å². The highest BCUT2D eigenvalue weighted by atomic mass is 16.3. The lowest BCUT2D eigenvalue weighted by Gasteiger charge is -2.39. The summed E-state index contributed by atoms with van der Waals surface area (Å²) in [7, 11) is 0. The first kappa shape index (κ1) is 7.80. The fourth-order valence-corrected chi connectivity index (χ4v) is 1.47. The molecule has 1 rings (SSSR count). The van der Waals surface area contributed by atoms with Gasteiger partial charge in [-0.25, -0.2) is 0 Å². The number of allylic oxidation sites excluding steroid dienone is 2. The van der Waals surface area contributed by atoms with Gasteiger partial charge in [-0.3, -0.25) is 0 Å². The largest absolute Gasteiger partial charge is 0.396 e. The van der Waals surface area contributed by atoms with Crippen LogP contribution in [0.25, 0.3) is 0 Å². The van der Waals surface area contributed by atoms with Crippen LogP contribution in [0.1, 0.15) is 32.6 Å². The molecule has 0 unspecified atom stereocenters. The van der Waals surface area contributed by atoms with Gasteiger partial charge in [0.15, 0.2) is 0 Å². The molecule has 0 radical (unpaired) electrons. The maximum Gasteiger partial charge on any atom is 0.0490 e. The topological polar surface area (TPSA) is 20.2 Å². The fraction of sp³-hybridized carbons (Fsp3) is 0.778. The Labute approximate surface area is 62.8 Å². The van der Waals surface area contributed by atoms with Crippen LogP contribution in [0.5, 0.6) is 0 Å². The van der Waals surface area contributed by atoms with Crippen molar-refractivity contribution in [3.8, 4) is 0 Å². The molecular weight excluding hydrogens is 124 g/mol. The Bertz CT molecular complexity index is 117. The van der Waals surface area contributed by atoms with E-state index in [0.29, 0.717) is 6.61 Å². The van der Waals surface area contributed by atoms with E-state index in [0.717, 1.165) is 6.42 Å². The van der Waals surface area contributed by atoms with Crippen LogP contribution in [0.3, 0.4) is 0 Å². The standard InChI is InChI=1S/C9H16O/c1-2-3-5-9(8-10)6-4-7-9/h2-3,10H,4-8H2,1H3/b3-2+. The van der Waals surface area contributed by atoms with Gasteiger partial charge in [0.05, 0.1) is 0 Å². The third kappa shape index (κ3) is 1.40. The van der Waals surface area contributed by atoms with E-state index in [1.165, 1.54) is 19.3 Å². The highest BCUT2D eigenvalue weighted by molar-refractivity contribution is 4.94. The van der Waals surface area contributed by atoms with E-state index < -0.39 is 0 Å². The molecule has 1 saturated carbocycles. The molecule has 0 spiro atoms. The van der Waals surface area contributed by atoms with Crippen LogP contribution >= 0.6 is 0 Å². The molecule has 0 aromatic rings. The van der Waals surface area contributed by atoms with Crippen molar-refractivity contribution in [3.05, 3.63) is 12.2 Å². The van der Waals surface area contributed by atoms with Crippen molar-refractivity contribution >= 4 is 0 Å². The number of hydrogen-bond acceptors (Lipinski definition) is 1. The predicted octanol–water partition coefficient (Wildman–Crippen LogP) is 2.12. The molecule has 1 aliphatic rings. The van der Waals surface area contributed by atoms with Gasteiger partial charge in [-0.05, 0) is 31.6 Å². The molecular formula is C9H16O. The number of aliphatic hydroxyl groups excluding tert-OH is 1. The molecule has 1 N–H and O–H groups in total. The van der Waals surface area contributed by atoms with Gasteiger partial charge in [0, 0.05) is 6.61 Å². The molecule has 0 aromatic heterocycles. The van der Waals surface area contributed by atoms with Crippen molar-refractivity contribution in [2.75, 3.05) is 6.61 Å². The average molecular weight is 140 g/mol. The minimum Gasteiger partial charge on any atom is -0.396 e. The van der Waals surface area contributed by atoms with E-state index in [1.54, 1.807) is 0 Å². The van der Waals surface area contributed by atoms with Gasteiger partial charge in [-0.15, -0.1) is 0 Å². The maximum absolute atomic E-state index is 9.03. The normalized spacial score (nSPS) is 23.0. The second-order valence-corrected chi connectivity index (χ2v) is 3.28. The molecule has 0 heterocycles.